The van der Waals surface area contributed by atoms with Crippen molar-refractivity contribution in [3.05, 3.63) is 53.3 Å². The summed E-state index contributed by atoms with van der Waals surface area (Å²) in [6.45, 7) is 4.30. The number of phenolic OH excluding ortho intramolecular Hbond substituents is 1. The van der Waals surface area contributed by atoms with Crippen LogP contribution in [-0.2, 0) is 6.18 Å². The molecule has 0 saturated heterocycles. The van der Waals surface area contributed by atoms with Crippen LogP contribution >= 0.6 is 0 Å². The number of carbonyl (C=O) groups excluding carboxylic acids is 1. The second-order valence-corrected chi connectivity index (χ2v) is 7.96. The van der Waals surface area contributed by atoms with Crippen LogP contribution in [0.2, 0.25) is 0 Å². The van der Waals surface area contributed by atoms with Gasteiger partial charge in [-0.15, -0.1) is 0 Å². The fraction of sp³-hybridized carbons (Fsp3) is 0.435. The third-order valence-electron chi connectivity index (χ3n) is 5.64. The maximum atomic E-state index is 13.4. The molecular weight excluding hydrogens is 489 g/mol. The quantitative estimate of drug-likeness (QED) is 0.448. The van der Waals surface area contributed by atoms with E-state index in [2.05, 4.69) is 25.4 Å². The molecule has 2 aromatic heterocycles. The Kier molecular flexibility index (Phi) is 8.53. The maximum absolute atomic E-state index is 13.4. The lowest BCUT2D eigenvalue weighted by Gasteiger charge is -2.26. The van der Waals surface area contributed by atoms with Crippen molar-refractivity contribution in [3.63, 3.8) is 0 Å². The number of nitrogens with zero attached hydrogens (tertiary/aromatic N) is 4. The van der Waals surface area contributed by atoms with E-state index in [-0.39, 0.29) is 28.9 Å². The fourth-order valence-corrected chi connectivity index (χ4v) is 3.74. The molecule has 13 heteroatoms. The molecule has 0 unspecified atom stereocenters. The maximum Gasteiger partial charge on any atom is 0.434 e. The first kappa shape index (κ1) is 27.0. The van der Waals surface area contributed by atoms with E-state index in [1.54, 1.807) is 0 Å². The number of halogens is 5. The molecule has 4 rings (SSSR count). The summed E-state index contributed by atoms with van der Waals surface area (Å²) in [6, 6.07) is 1.53. The lowest BCUT2D eigenvalue weighted by Crippen LogP contribution is -2.31. The SMILES string of the molecule is CC.O=C(NCC1CCC(c2nc(-c3cnc(C(F)(F)F)cn3)no2)CC1)c1cc(F)c(O)c(F)c1. The molecule has 1 aromatic carbocycles. The highest BCUT2D eigenvalue weighted by atomic mass is 19.4. The Balaban J connectivity index is 0.00000176. The summed E-state index contributed by atoms with van der Waals surface area (Å²) in [5, 5.41) is 15.5. The summed E-state index contributed by atoms with van der Waals surface area (Å²) >= 11 is 0. The molecule has 0 radical (unpaired) electrons. The van der Waals surface area contributed by atoms with Gasteiger partial charge in [0.05, 0.1) is 12.4 Å². The van der Waals surface area contributed by atoms with Crippen LogP contribution in [0.3, 0.4) is 0 Å². The van der Waals surface area contributed by atoms with Crippen LogP contribution in [-0.4, -0.2) is 37.7 Å². The van der Waals surface area contributed by atoms with E-state index in [0.717, 1.165) is 18.3 Å². The van der Waals surface area contributed by atoms with Gasteiger partial charge in [-0.2, -0.15) is 18.2 Å². The van der Waals surface area contributed by atoms with E-state index in [9.17, 15) is 26.7 Å². The number of hydrogen-bond donors (Lipinski definition) is 2. The van der Waals surface area contributed by atoms with Crippen molar-refractivity contribution in [2.45, 2.75) is 51.6 Å². The molecule has 1 aliphatic carbocycles. The first-order valence-corrected chi connectivity index (χ1v) is 11.3. The van der Waals surface area contributed by atoms with E-state index >= 15 is 0 Å². The van der Waals surface area contributed by atoms with Gasteiger partial charge in [0.25, 0.3) is 5.91 Å². The number of aromatic nitrogens is 4. The Hall–Kier alpha value is -3.64. The van der Waals surface area contributed by atoms with Crippen LogP contribution in [0.15, 0.2) is 29.0 Å². The molecule has 0 bridgehead atoms. The summed E-state index contributed by atoms with van der Waals surface area (Å²) < 4.78 is 70.0. The number of amides is 1. The first-order valence-electron chi connectivity index (χ1n) is 11.3. The smallest absolute Gasteiger partial charge is 0.434 e. The minimum absolute atomic E-state index is 0.0407. The highest BCUT2D eigenvalue weighted by molar-refractivity contribution is 5.94. The number of aromatic hydroxyl groups is 1. The van der Waals surface area contributed by atoms with Gasteiger partial charge < -0.3 is 14.9 Å². The fourth-order valence-electron chi connectivity index (χ4n) is 3.74. The van der Waals surface area contributed by atoms with Crippen LogP contribution in [0, 0.1) is 17.6 Å². The van der Waals surface area contributed by atoms with Crippen LogP contribution < -0.4 is 5.32 Å². The lowest BCUT2D eigenvalue weighted by atomic mass is 9.82. The van der Waals surface area contributed by atoms with Gasteiger partial charge >= 0.3 is 6.18 Å². The highest BCUT2D eigenvalue weighted by Gasteiger charge is 2.33. The van der Waals surface area contributed by atoms with Crippen LogP contribution in [0.5, 0.6) is 5.75 Å². The van der Waals surface area contributed by atoms with Crippen molar-refractivity contribution < 1.29 is 36.4 Å². The van der Waals surface area contributed by atoms with Crippen molar-refractivity contribution in [2.24, 2.45) is 5.92 Å². The molecule has 1 amide bonds. The molecule has 0 spiro atoms. The second-order valence-electron chi connectivity index (χ2n) is 7.96. The molecule has 1 aliphatic rings. The summed E-state index contributed by atoms with van der Waals surface area (Å²) in [7, 11) is 0. The zero-order valence-corrected chi connectivity index (χ0v) is 19.4. The predicted octanol–water partition coefficient (Wildman–Crippen LogP) is 5.26. The summed E-state index contributed by atoms with van der Waals surface area (Å²) in [4.78, 5) is 23.4. The average molecular weight is 513 g/mol. The summed E-state index contributed by atoms with van der Waals surface area (Å²) in [5.74, 6) is -3.78. The molecule has 36 heavy (non-hydrogen) atoms. The normalized spacial score (nSPS) is 17.8. The molecule has 0 aliphatic heterocycles. The topological polar surface area (TPSA) is 114 Å². The lowest BCUT2D eigenvalue weighted by molar-refractivity contribution is -0.141. The molecule has 8 nitrogen and oxygen atoms in total. The molecular formula is C23H24F5N5O3. The van der Waals surface area contributed by atoms with Gasteiger partial charge in [-0.3, -0.25) is 4.79 Å². The van der Waals surface area contributed by atoms with Gasteiger partial charge in [-0.05, 0) is 43.7 Å². The van der Waals surface area contributed by atoms with Gasteiger partial charge in [0, 0.05) is 18.0 Å². The number of hydrogen-bond acceptors (Lipinski definition) is 7. The monoisotopic (exact) mass is 513 g/mol. The molecule has 1 fully saturated rings. The van der Waals surface area contributed by atoms with Crippen molar-refractivity contribution in [1.29, 1.82) is 0 Å². The third kappa shape index (κ3) is 6.32. The molecule has 1 saturated carbocycles. The Bertz CT molecular complexity index is 1150. The van der Waals surface area contributed by atoms with Gasteiger partial charge in [-0.1, -0.05) is 19.0 Å². The number of alkyl halides is 3. The van der Waals surface area contributed by atoms with E-state index in [0.29, 0.717) is 44.3 Å². The van der Waals surface area contributed by atoms with Crippen LogP contribution in [0.25, 0.3) is 11.5 Å². The molecule has 2 heterocycles. The number of nitrogens with one attached hydrogen (secondary N) is 1. The van der Waals surface area contributed by atoms with Crippen molar-refractivity contribution in [3.8, 4) is 17.3 Å². The number of phenols is 1. The Morgan fingerprint density at radius 2 is 1.72 bits per heavy atom. The number of benzene rings is 1. The van der Waals surface area contributed by atoms with Crippen molar-refractivity contribution >= 4 is 5.91 Å². The van der Waals surface area contributed by atoms with E-state index < -0.39 is 35.2 Å². The Morgan fingerprint density at radius 3 is 2.28 bits per heavy atom. The number of carbonyl (C=O) groups is 1. The van der Waals surface area contributed by atoms with E-state index in [4.69, 9.17) is 9.63 Å². The molecule has 2 N–H and O–H groups in total. The van der Waals surface area contributed by atoms with Gasteiger partial charge in [0.2, 0.25) is 11.7 Å². The second kappa shape index (κ2) is 11.4. The van der Waals surface area contributed by atoms with Crippen molar-refractivity contribution in [1.82, 2.24) is 25.4 Å². The number of rotatable bonds is 5. The molecule has 3 aromatic rings. The van der Waals surface area contributed by atoms with E-state index in [1.807, 2.05) is 13.8 Å². The minimum atomic E-state index is -4.59. The van der Waals surface area contributed by atoms with Gasteiger partial charge in [-0.25, -0.2) is 18.7 Å². The summed E-state index contributed by atoms with van der Waals surface area (Å²) in [5.41, 5.74) is -1.29. The largest absolute Gasteiger partial charge is 0.503 e. The standard InChI is InChI=1S/C21H18F5N5O3.C2H6/c22-13-5-12(6-14(23)17(13)32)19(33)29-7-10-1-3-11(4-2-10)20-30-18(31-34-20)15-8-28-16(9-27-15)21(24,25)26;1-2/h5-6,8-11,32H,1-4,7H2,(H,29,33);1-2H3. The average Bonchev–Trinajstić information content (AvgIpc) is 3.37. The summed E-state index contributed by atoms with van der Waals surface area (Å²) in [6.07, 6.45) is -0.300. The molecule has 194 valence electrons. The third-order valence-corrected chi connectivity index (χ3v) is 5.64. The zero-order chi connectivity index (χ0) is 26.5. The van der Waals surface area contributed by atoms with Crippen LogP contribution in [0.4, 0.5) is 22.0 Å². The zero-order valence-electron chi connectivity index (χ0n) is 19.4. The minimum Gasteiger partial charge on any atom is -0.503 e. The van der Waals surface area contributed by atoms with Gasteiger partial charge in [0.15, 0.2) is 23.1 Å². The van der Waals surface area contributed by atoms with Crippen LogP contribution in [0.1, 0.15) is 67.4 Å². The van der Waals surface area contributed by atoms with E-state index in [1.165, 1.54) is 0 Å². The Labute approximate surface area is 203 Å². The highest BCUT2D eigenvalue weighted by Crippen LogP contribution is 2.35. The van der Waals surface area contributed by atoms with Crippen molar-refractivity contribution in [2.75, 3.05) is 6.54 Å². The Morgan fingerprint density at radius 1 is 1.08 bits per heavy atom. The molecule has 0 atom stereocenters. The van der Waals surface area contributed by atoms with Gasteiger partial charge in [0.1, 0.15) is 5.69 Å². The first-order chi connectivity index (χ1) is 17.1. The predicted molar refractivity (Wildman–Crippen MR) is 117 cm³/mol.